The van der Waals surface area contributed by atoms with E-state index >= 15 is 0 Å². The fraction of sp³-hybridized carbons (Fsp3) is 0.444. The molecular weight excluding hydrogens is 389 g/mol. The Hall–Kier alpha value is -3.13. The summed E-state index contributed by atoms with van der Waals surface area (Å²) in [6, 6.07) is 3.21. The lowest BCUT2D eigenvalue weighted by atomic mass is 10.00. The average Bonchev–Trinajstić information content (AvgIpc) is 3.00. The van der Waals surface area contributed by atoms with Crippen LogP contribution in [0.5, 0.6) is 0 Å². The molecule has 0 spiro atoms. The van der Waals surface area contributed by atoms with E-state index in [1.54, 1.807) is 6.07 Å². The predicted molar refractivity (Wildman–Crippen MR) is 93.4 cm³/mol. The zero-order valence-electron chi connectivity index (χ0n) is 15.2. The number of anilines is 1. The number of hydrogen-bond donors (Lipinski definition) is 2. The minimum atomic E-state index is -3.16. The van der Waals surface area contributed by atoms with E-state index in [0.29, 0.717) is 5.69 Å². The number of aliphatic hydroxyl groups excluding tert-OH is 1. The first-order valence-corrected chi connectivity index (χ1v) is 9.06. The van der Waals surface area contributed by atoms with Gasteiger partial charge in [-0.25, -0.2) is 14.2 Å². The number of nitrogens with zero attached hydrogens (tertiary/aromatic N) is 5. The second-order valence-electron chi connectivity index (χ2n) is 7.09. The van der Waals surface area contributed by atoms with Gasteiger partial charge in [-0.3, -0.25) is 10.00 Å². The van der Waals surface area contributed by atoms with Gasteiger partial charge in [0.1, 0.15) is 17.6 Å². The molecular formula is C18H17F3N6O2. The number of rotatable bonds is 1. The molecule has 0 saturated carbocycles. The van der Waals surface area contributed by atoms with Gasteiger partial charge in [0, 0.05) is 24.9 Å². The molecule has 0 aliphatic carbocycles. The van der Waals surface area contributed by atoms with E-state index in [1.807, 2.05) is 0 Å². The van der Waals surface area contributed by atoms with Crippen molar-refractivity contribution in [3.63, 3.8) is 0 Å². The molecule has 2 aromatic rings. The molecule has 0 bridgehead atoms. The predicted octanol–water partition coefficient (Wildman–Crippen LogP) is 2.13. The number of aromatic nitrogens is 3. The molecule has 4 heterocycles. The number of nitriles is 1. The first kappa shape index (κ1) is 19.2. The van der Waals surface area contributed by atoms with Gasteiger partial charge in [0.15, 0.2) is 11.5 Å². The topological polar surface area (TPSA) is 107 Å². The maximum atomic E-state index is 14.7. The van der Waals surface area contributed by atoms with Crippen LogP contribution in [0.2, 0.25) is 0 Å². The van der Waals surface area contributed by atoms with Crippen LogP contribution in [0.3, 0.4) is 0 Å². The van der Waals surface area contributed by atoms with Gasteiger partial charge in [-0.05, 0) is 18.6 Å². The number of nitrogens with one attached hydrogen (secondary N) is 1. The van der Waals surface area contributed by atoms with Crippen LogP contribution in [0, 0.1) is 17.1 Å². The minimum absolute atomic E-state index is 0.0129. The second kappa shape index (κ2) is 7.04. The number of urea groups is 1. The Labute approximate surface area is 163 Å². The first-order valence-electron chi connectivity index (χ1n) is 9.06. The van der Waals surface area contributed by atoms with Crippen LogP contribution in [-0.2, 0) is 25.4 Å². The van der Waals surface area contributed by atoms with Crippen molar-refractivity contribution >= 4 is 11.8 Å². The van der Waals surface area contributed by atoms with Crippen molar-refractivity contribution in [2.45, 2.75) is 44.4 Å². The van der Waals surface area contributed by atoms with Gasteiger partial charge >= 0.3 is 6.03 Å². The Kier molecular flexibility index (Phi) is 4.66. The van der Waals surface area contributed by atoms with Crippen LogP contribution in [0.1, 0.15) is 35.5 Å². The standard InChI is InChI=1S/C18H17F3N6O2/c19-12-1-2-15(23-14(12)7-22)24-17(29)26-6-4-13-11(9-26)16-18(20,21)5-3-10(28)8-27(16)25-13/h1-2,10,28H,3-6,8-9H2,(H,23,24,29)/t10-/m0/s1. The number of amides is 2. The van der Waals surface area contributed by atoms with E-state index in [0.717, 1.165) is 10.7 Å². The number of fused-ring (bicyclic) bond motifs is 3. The summed E-state index contributed by atoms with van der Waals surface area (Å²) in [5.74, 6) is -3.97. The Morgan fingerprint density at radius 1 is 1.41 bits per heavy atom. The number of aliphatic hydroxyl groups is 1. The third-order valence-electron chi connectivity index (χ3n) is 5.10. The van der Waals surface area contributed by atoms with Crippen molar-refractivity contribution in [2.24, 2.45) is 0 Å². The third kappa shape index (κ3) is 3.51. The molecule has 8 nitrogen and oxygen atoms in total. The largest absolute Gasteiger partial charge is 0.391 e. The Balaban J connectivity index is 1.57. The van der Waals surface area contributed by atoms with Crippen molar-refractivity contribution in [3.8, 4) is 6.07 Å². The lowest BCUT2D eigenvalue weighted by Crippen LogP contribution is -2.39. The summed E-state index contributed by atoms with van der Waals surface area (Å²) in [7, 11) is 0. The average molecular weight is 406 g/mol. The Morgan fingerprint density at radius 3 is 2.97 bits per heavy atom. The van der Waals surface area contributed by atoms with E-state index in [1.165, 1.54) is 11.0 Å². The molecule has 152 valence electrons. The number of carbonyl (C=O) groups is 1. The zero-order valence-corrected chi connectivity index (χ0v) is 15.2. The highest BCUT2D eigenvalue weighted by Gasteiger charge is 2.43. The zero-order chi connectivity index (χ0) is 20.8. The summed E-state index contributed by atoms with van der Waals surface area (Å²) >= 11 is 0. The quantitative estimate of drug-likeness (QED) is 0.755. The summed E-state index contributed by atoms with van der Waals surface area (Å²) in [5, 5.41) is 25.4. The highest BCUT2D eigenvalue weighted by molar-refractivity contribution is 5.88. The number of carbonyl (C=O) groups excluding carboxylic acids is 1. The van der Waals surface area contributed by atoms with Gasteiger partial charge in [-0.1, -0.05) is 0 Å². The van der Waals surface area contributed by atoms with E-state index in [9.17, 15) is 23.1 Å². The third-order valence-corrected chi connectivity index (χ3v) is 5.10. The summed E-state index contributed by atoms with van der Waals surface area (Å²) in [4.78, 5) is 17.6. The maximum absolute atomic E-state index is 14.7. The molecule has 0 aromatic carbocycles. The van der Waals surface area contributed by atoms with Crippen LogP contribution >= 0.6 is 0 Å². The van der Waals surface area contributed by atoms with Crippen LogP contribution in [0.4, 0.5) is 23.8 Å². The van der Waals surface area contributed by atoms with Crippen molar-refractivity contribution in [1.29, 1.82) is 5.26 Å². The summed E-state index contributed by atoms with van der Waals surface area (Å²) in [6.07, 6.45) is -1.14. The summed E-state index contributed by atoms with van der Waals surface area (Å²) < 4.78 is 43.9. The molecule has 2 aliphatic heterocycles. The summed E-state index contributed by atoms with van der Waals surface area (Å²) in [6.45, 7) is 0.157. The van der Waals surface area contributed by atoms with Crippen LogP contribution in [-0.4, -0.2) is 43.5 Å². The number of hydrogen-bond acceptors (Lipinski definition) is 5. The van der Waals surface area contributed by atoms with E-state index in [-0.39, 0.29) is 49.6 Å². The molecule has 2 aromatic heterocycles. The van der Waals surface area contributed by atoms with Gasteiger partial charge in [0.2, 0.25) is 0 Å². The van der Waals surface area contributed by atoms with Gasteiger partial charge in [-0.2, -0.15) is 19.1 Å². The molecule has 11 heteroatoms. The van der Waals surface area contributed by atoms with Crippen molar-refractivity contribution < 1.29 is 23.1 Å². The minimum Gasteiger partial charge on any atom is -0.391 e. The number of alkyl halides is 2. The molecule has 2 aliphatic rings. The lowest BCUT2D eigenvalue weighted by Gasteiger charge is -2.28. The second-order valence-corrected chi connectivity index (χ2v) is 7.09. The van der Waals surface area contributed by atoms with Gasteiger partial charge < -0.3 is 10.0 Å². The number of halogens is 3. The van der Waals surface area contributed by atoms with E-state index in [2.05, 4.69) is 15.4 Å². The lowest BCUT2D eigenvalue weighted by molar-refractivity contribution is -0.0248. The molecule has 0 saturated heterocycles. The number of pyridine rings is 1. The SMILES string of the molecule is N#Cc1nc(NC(=O)N2CCc3nn4c(c3C2)C(F)(F)CC[C@H](O)C4)ccc1F. The normalized spacial score (nSPS) is 20.2. The molecule has 2 amide bonds. The monoisotopic (exact) mass is 406 g/mol. The van der Waals surface area contributed by atoms with Crippen molar-refractivity contribution in [1.82, 2.24) is 19.7 Å². The molecule has 2 N–H and O–H groups in total. The molecule has 0 fully saturated rings. The van der Waals surface area contributed by atoms with E-state index in [4.69, 9.17) is 5.26 Å². The molecule has 0 radical (unpaired) electrons. The summed E-state index contributed by atoms with van der Waals surface area (Å²) in [5.41, 5.74) is 0.0666. The van der Waals surface area contributed by atoms with Gasteiger partial charge in [0.05, 0.1) is 24.9 Å². The van der Waals surface area contributed by atoms with E-state index < -0.39 is 36.0 Å². The van der Waals surface area contributed by atoms with Crippen LogP contribution < -0.4 is 5.32 Å². The van der Waals surface area contributed by atoms with Gasteiger partial charge in [-0.15, -0.1) is 0 Å². The smallest absolute Gasteiger partial charge is 0.323 e. The van der Waals surface area contributed by atoms with Crippen LogP contribution in [0.15, 0.2) is 12.1 Å². The first-order chi connectivity index (χ1) is 13.8. The Morgan fingerprint density at radius 2 is 2.21 bits per heavy atom. The highest BCUT2D eigenvalue weighted by atomic mass is 19.3. The van der Waals surface area contributed by atoms with Crippen LogP contribution in [0.25, 0.3) is 0 Å². The molecule has 1 atom stereocenters. The van der Waals surface area contributed by atoms with Crippen molar-refractivity contribution in [3.05, 3.63) is 40.6 Å². The Bertz CT molecular complexity index is 1020. The fourth-order valence-electron chi connectivity index (χ4n) is 3.68. The fourth-order valence-corrected chi connectivity index (χ4v) is 3.68. The molecule has 4 rings (SSSR count). The highest BCUT2D eigenvalue weighted by Crippen LogP contribution is 2.40. The maximum Gasteiger partial charge on any atom is 0.323 e. The van der Waals surface area contributed by atoms with Crippen molar-refractivity contribution in [2.75, 3.05) is 11.9 Å². The van der Waals surface area contributed by atoms with Gasteiger partial charge in [0.25, 0.3) is 5.92 Å². The molecule has 29 heavy (non-hydrogen) atoms. The molecule has 0 unspecified atom stereocenters.